The van der Waals surface area contributed by atoms with Gasteiger partial charge in [-0.3, -0.25) is 0 Å². The molecule has 1 aromatic heterocycles. The molecule has 0 amide bonds. The quantitative estimate of drug-likeness (QED) is 0.807. The average molecular weight is 227 g/mol. The second-order valence-corrected chi connectivity index (χ2v) is 5.10. The molecule has 2 aromatic rings. The Bertz CT molecular complexity index is 509. The zero-order chi connectivity index (χ0) is 11.9. The Morgan fingerprint density at radius 2 is 1.88 bits per heavy atom. The molecule has 17 heavy (non-hydrogen) atoms. The third-order valence-corrected chi connectivity index (χ3v) is 3.63. The molecule has 1 aliphatic rings. The van der Waals surface area contributed by atoms with Crippen molar-refractivity contribution in [1.82, 2.24) is 14.8 Å². The van der Waals surface area contributed by atoms with Crippen LogP contribution in [-0.4, -0.2) is 14.8 Å². The highest BCUT2D eigenvalue weighted by Crippen LogP contribution is 2.52. The SMILES string of the molecule is CC(C)n1cnnc1C1(c2ccccc2)CC1. The second kappa shape index (κ2) is 3.69. The molecule has 0 atom stereocenters. The summed E-state index contributed by atoms with van der Waals surface area (Å²) in [6.45, 7) is 4.35. The summed E-state index contributed by atoms with van der Waals surface area (Å²) in [6.07, 6.45) is 4.22. The Morgan fingerprint density at radius 3 is 2.47 bits per heavy atom. The van der Waals surface area contributed by atoms with E-state index in [1.807, 2.05) is 6.33 Å². The Kier molecular flexibility index (Phi) is 2.28. The van der Waals surface area contributed by atoms with Crippen molar-refractivity contribution < 1.29 is 0 Å². The molecule has 0 radical (unpaired) electrons. The number of aromatic nitrogens is 3. The summed E-state index contributed by atoms with van der Waals surface area (Å²) in [4.78, 5) is 0. The van der Waals surface area contributed by atoms with Crippen LogP contribution < -0.4 is 0 Å². The van der Waals surface area contributed by atoms with Crippen LogP contribution in [0.25, 0.3) is 0 Å². The van der Waals surface area contributed by atoms with Crippen molar-refractivity contribution >= 4 is 0 Å². The van der Waals surface area contributed by atoms with E-state index in [-0.39, 0.29) is 5.41 Å². The molecule has 1 aromatic carbocycles. The van der Waals surface area contributed by atoms with Crippen molar-refractivity contribution in [3.05, 3.63) is 48.0 Å². The molecular formula is C14H17N3. The molecule has 0 spiro atoms. The van der Waals surface area contributed by atoms with Crippen molar-refractivity contribution in [2.45, 2.75) is 38.1 Å². The third-order valence-electron chi connectivity index (χ3n) is 3.63. The first-order valence-electron chi connectivity index (χ1n) is 6.19. The van der Waals surface area contributed by atoms with Crippen molar-refractivity contribution in [2.75, 3.05) is 0 Å². The van der Waals surface area contributed by atoms with Crippen LogP contribution in [0.2, 0.25) is 0 Å². The molecule has 1 aliphatic carbocycles. The van der Waals surface area contributed by atoms with Crippen LogP contribution in [0.1, 0.15) is 44.1 Å². The summed E-state index contributed by atoms with van der Waals surface area (Å²) in [6, 6.07) is 11.1. The first-order valence-corrected chi connectivity index (χ1v) is 6.19. The highest BCUT2D eigenvalue weighted by Gasteiger charge is 2.49. The van der Waals surface area contributed by atoms with Gasteiger partial charge in [0.15, 0.2) is 0 Å². The van der Waals surface area contributed by atoms with Crippen LogP contribution in [0.3, 0.4) is 0 Å². The van der Waals surface area contributed by atoms with Gasteiger partial charge in [-0.2, -0.15) is 0 Å². The van der Waals surface area contributed by atoms with E-state index in [1.165, 1.54) is 18.4 Å². The van der Waals surface area contributed by atoms with E-state index >= 15 is 0 Å². The van der Waals surface area contributed by atoms with Gasteiger partial charge in [0.25, 0.3) is 0 Å². The summed E-state index contributed by atoms with van der Waals surface area (Å²) >= 11 is 0. The standard InChI is InChI=1S/C14H17N3/c1-11(2)17-10-15-16-13(17)14(8-9-14)12-6-4-3-5-7-12/h3-7,10-11H,8-9H2,1-2H3. The van der Waals surface area contributed by atoms with Crippen LogP contribution in [0.4, 0.5) is 0 Å². The maximum Gasteiger partial charge on any atom is 0.143 e. The Hall–Kier alpha value is -1.64. The van der Waals surface area contributed by atoms with Gasteiger partial charge in [0, 0.05) is 6.04 Å². The van der Waals surface area contributed by atoms with Gasteiger partial charge in [0.05, 0.1) is 5.41 Å². The lowest BCUT2D eigenvalue weighted by atomic mass is 9.95. The van der Waals surface area contributed by atoms with Gasteiger partial charge in [0.2, 0.25) is 0 Å². The third kappa shape index (κ3) is 1.57. The normalized spacial score (nSPS) is 17.4. The lowest BCUT2D eigenvalue weighted by Gasteiger charge is -2.18. The first kappa shape index (κ1) is 10.5. The Morgan fingerprint density at radius 1 is 1.18 bits per heavy atom. The Balaban J connectivity index is 2.07. The maximum atomic E-state index is 4.36. The molecule has 0 bridgehead atoms. The summed E-state index contributed by atoms with van der Waals surface area (Å²) in [5.74, 6) is 1.12. The smallest absolute Gasteiger partial charge is 0.143 e. The van der Waals surface area contributed by atoms with Crippen molar-refractivity contribution in [1.29, 1.82) is 0 Å². The van der Waals surface area contributed by atoms with E-state index < -0.39 is 0 Å². The molecular weight excluding hydrogens is 210 g/mol. The molecule has 1 fully saturated rings. The predicted molar refractivity (Wildman–Crippen MR) is 66.9 cm³/mol. The van der Waals surface area contributed by atoms with Gasteiger partial charge in [-0.1, -0.05) is 30.3 Å². The minimum absolute atomic E-state index is 0.127. The van der Waals surface area contributed by atoms with Crippen molar-refractivity contribution in [3.63, 3.8) is 0 Å². The fraction of sp³-hybridized carbons (Fsp3) is 0.429. The first-order chi connectivity index (χ1) is 8.24. The van der Waals surface area contributed by atoms with Gasteiger partial charge >= 0.3 is 0 Å². The Labute approximate surface area is 101 Å². The molecule has 0 unspecified atom stereocenters. The fourth-order valence-electron chi connectivity index (χ4n) is 2.49. The molecule has 1 heterocycles. The molecule has 0 aliphatic heterocycles. The van der Waals surface area contributed by atoms with Crippen LogP contribution in [0.15, 0.2) is 36.7 Å². The monoisotopic (exact) mass is 227 g/mol. The average Bonchev–Trinajstić information content (AvgIpc) is 3.00. The fourth-order valence-corrected chi connectivity index (χ4v) is 2.49. The van der Waals surface area contributed by atoms with E-state index in [2.05, 4.69) is 58.9 Å². The molecule has 3 heteroatoms. The predicted octanol–water partition coefficient (Wildman–Crippen LogP) is 2.94. The number of hydrogen-bond acceptors (Lipinski definition) is 2. The van der Waals surface area contributed by atoms with Gasteiger partial charge < -0.3 is 4.57 Å². The van der Waals surface area contributed by atoms with Crippen LogP contribution in [0.5, 0.6) is 0 Å². The molecule has 1 saturated carbocycles. The maximum absolute atomic E-state index is 4.36. The van der Waals surface area contributed by atoms with Gasteiger partial charge in [-0.15, -0.1) is 10.2 Å². The van der Waals surface area contributed by atoms with Crippen LogP contribution in [-0.2, 0) is 5.41 Å². The number of rotatable bonds is 3. The molecule has 3 nitrogen and oxygen atoms in total. The minimum Gasteiger partial charge on any atom is -0.314 e. The summed E-state index contributed by atoms with van der Waals surface area (Å²) < 4.78 is 2.19. The van der Waals surface area contributed by atoms with E-state index in [9.17, 15) is 0 Å². The molecule has 3 rings (SSSR count). The molecule has 0 N–H and O–H groups in total. The van der Waals surface area contributed by atoms with Crippen LogP contribution in [0, 0.1) is 0 Å². The minimum atomic E-state index is 0.127. The number of benzene rings is 1. The zero-order valence-electron chi connectivity index (χ0n) is 10.3. The number of hydrogen-bond donors (Lipinski definition) is 0. The van der Waals surface area contributed by atoms with Gasteiger partial charge in [-0.05, 0) is 32.3 Å². The van der Waals surface area contributed by atoms with Crippen molar-refractivity contribution in [3.8, 4) is 0 Å². The lowest BCUT2D eigenvalue weighted by Crippen LogP contribution is -2.17. The highest BCUT2D eigenvalue weighted by molar-refractivity contribution is 5.39. The van der Waals surface area contributed by atoms with Gasteiger partial charge in [0.1, 0.15) is 12.2 Å². The molecule has 0 saturated heterocycles. The summed E-state index contributed by atoms with van der Waals surface area (Å²) in [7, 11) is 0. The van der Waals surface area contributed by atoms with Gasteiger partial charge in [-0.25, -0.2) is 0 Å². The highest BCUT2D eigenvalue weighted by atomic mass is 15.3. The summed E-state index contributed by atoms with van der Waals surface area (Å²) in [5, 5.41) is 8.45. The van der Waals surface area contributed by atoms with E-state index in [1.54, 1.807) is 0 Å². The largest absolute Gasteiger partial charge is 0.314 e. The zero-order valence-corrected chi connectivity index (χ0v) is 10.3. The van der Waals surface area contributed by atoms with E-state index in [0.29, 0.717) is 6.04 Å². The van der Waals surface area contributed by atoms with Crippen LogP contribution >= 0.6 is 0 Å². The van der Waals surface area contributed by atoms with E-state index in [4.69, 9.17) is 0 Å². The lowest BCUT2D eigenvalue weighted by molar-refractivity contribution is 0.543. The topological polar surface area (TPSA) is 30.7 Å². The number of nitrogens with zero attached hydrogens (tertiary/aromatic N) is 3. The second-order valence-electron chi connectivity index (χ2n) is 5.10. The summed E-state index contributed by atoms with van der Waals surface area (Å²) in [5.41, 5.74) is 1.50. The molecule has 88 valence electrons. The van der Waals surface area contributed by atoms with E-state index in [0.717, 1.165) is 5.82 Å². The van der Waals surface area contributed by atoms with Crippen molar-refractivity contribution in [2.24, 2.45) is 0 Å².